The first-order valence-electron chi connectivity index (χ1n) is 7.51. The molecule has 1 aromatic rings. The molecule has 1 heterocycles. The summed E-state index contributed by atoms with van der Waals surface area (Å²) in [5, 5.41) is 3.04. The zero-order chi connectivity index (χ0) is 16.1. The summed E-state index contributed by atoms with van der Waals surface area (Å²) in [6.07, 6.45) is 4.35. The van der Waals surface area contributed by atoms with Crippen molar-refractivity contribution in [3.8, 4) is 0 Å². The lowest BCUT2D eigenvalue weighted by molar-refractivity contribution is -0.122. The minimum atomic E-state index is -0.134. The molecule has 0 aromatic carbocycles. The van der Waals surface area contributed by atoms with E-state index in [-0.39, 0.29) is 36.8 Å². The average Bonchev–Trinajstić information content (AvgIpc) is 2.93. The molecular weight excluding hydrogens is 402 g/mol. The number of likely N-dealkylation sites (N-methyl/N-ethyl adjacent to an activating group) is 1. The summed E-state index contributed by atoms with van der Waals surface area (Å²) < 4.78 is 0.904. The normalized spacial score (nSPS) is 20.5. The van der Waals surface area contributed by atoms with Crippen LogP contribution >= 0.6 is 39.7 Å². The second-order valence-corrected chi connectivity index (χ2v) is 8.18. The van der Waals surface area contributed by atoms with Gasteiger partial charge in [-0.05, 0) is 53.4 Å². The van der Waals surface area contributed by atoms with Gasteiger partial charge in [0.15, 0.2) is 0 Å². The van der Waals surface area contributed by atoms with Gasteiger partial charge in [0, 0.05) is 13.1 Å². The number of carbonyl (C=O) groups is 2. The van der Waals surface area contributed by atoms with Crippen LogP contribution < -0.4 is 11.1 Å². The van der Waals surface area contributed by atoms with Crippen LogP contribution in [-0.2, 0) is 4.79 Å². The van der Waals surface area contributed by atoms with Gasteiger partial charge in [0.1, 0.15) is 0 Å². The topological polar surface area (TPSA) is 75.4 Å². The lowest BCUT2D eigenvalue weighted by Crippen LogP contribution is -2.48. The molecule has 1 aliphatic carbocycles. The van der Waals surface area contributed by atoms with E-state index in [9.17, 15) is 9.59 Å². The van der Waals surface area contributed by atoms with E-state index in [0.717, 1.165) is 23.0 Å². The Morgan fingerprint density at radius 2 is 2.09 bits per heavy atom. The smallest absolute Gasteiger partial charge is 0.264 e. The molecule has 0 spiro atoms. The number of carbonyl (C=O) groups excluding carboxylic acids is 2. The van der Waals surface area contributed by atoms with Crippen LogP contribution in [0.15, 0.2) is 15.9 Å². The van der Waals surface area contributed by atoms with E-state index in [0.29, 0.717) is 17.3 Å². The average molecular weight is 425 g/mol. The number of thiophene rings is 1. The van der Waals surface area contributed by atoms with Crippen molar-refractivity contribution in [2.45, 2.75) is 31.7 Å². The molecule has 1 fully saturated rings. The maximum atomic E-state index is 12.2. The molecule has 1 aliphatic rings. The van der Waals surface area contributed by atoms with Gasteiger partial charge in [-0.25, -0.2) is 0 Å². The third-order valence-electron chi connectivity index (χ3n) is 4.07. The number of halogens is 2. The Morgan fingerprint density at radius 3 is 2.70 bits per heavy atom. The van der Waals surface area contributed by atoms with E-state index in [1.807, 2.05) is 6.07 Å². The molecule has 0 radical (unpaired) electrons. The highest BCUT2D eigenvalue weighted by atomic mass is 79.9. The van der Waals surface area contributed by atoms with Gasteiger partial charge in [-0.3, -0.25) is 9.59 Å². The van der Waals surface area contributed by atoms with Crippen LogP contribution in [0, 0.1) is 5.92 Å². The third-order valence-corrected chi connectivity index (χ3v) is 5.68. The fourth-order valence-electron chi connectivity index (χ4n) is 2.84. The van der Waals surface area contributed by atoms with Crippen molar-refractivity contribution in [3.05, 3.63) is 20.8 Å². The minimum absolute atomic E-state index is 0. The second-order valence-electron chi connectivity index (χ2n) is 5.72. The summed E-state index contributed by atoms with van der Waals surface area (Å²) in [6, 6.07) is 3.74. The molecule has 3 N–H and O–H groups in total. The Hall–Kier alpha value is -0.630. The SMILES string of the molecule is CN(CC(=O)NC1CCCCC1CN)C(=O)c1ccc(Br)s1.Cl. The summed E-state index contributed by atoms with van der Waals surface area (Å²) in [6.45, 7) is 0.672. The van der Waals surface area contributed by atoms with E-state index in [1.54, 1.807) is 13.1 Å². The van der Waals surface area contributed by atoms with Gasteiger partial charge in [-0.1, -0.05) is 12.8 Å². The van der Waals surface area contributed by atoms with Gasteiger partial charge >= 0.3 is 0 Å². The lowest BCUT2D eigenvalue weighted by Gasteiger charge is -2.31. The van der Waals surface area contributed by atoms with Crippen molar-refractivity contribution in [1.29, 1.82) is 0 Å². The molecule has 2 rings (SSSR count). The maximum absolute atomic E-state index is 12.2. The molecule has 5 nitrogen and oxygen atoms in total. The predicted octanol–water partition coefficient (Wildman–Crippen LogP) is 2.64. The molecule has 0 aliphatic heterocycles. The van der Waals surface area contributed by atoms with Crippen LogP contribution in [0.4, 0.5) is 0 Å². The highest BCUT2D eigenvalue weighted by Gasteiger charge is 2.26. The Morgan fingerprint density at radius 1 is 1.39 bits per heavy atom. The van der Waals surface area contributed by atoms with E-state index in [4.69, 9.17) is 5.73 Å². The quantitative estimate of drug-likeness (QED) is 0.763. The van der Waals surface area contributed by atoms with Gasteiger partial charge < -0.3 is 16.0 Å². The van der Waals surface area contributed by atoms with Crippen molar-refractivity contribution < 1.29 is 9.59 Å². The molecule has 8 heteroatoms. The summed E-state index contributed by atoms with van der Waals surface area (Å²) >= 11 is 4.71. The van der Waals surface area contributed by atoms with Crippen molar-refractivity contribution in [1.82, 2.24) is 10.2 Å². The number of nitrogens with two attached hydrogens (primary N) is 1. The van der Waals surface area contributed by atoms with Crippen LogP contribution in [-0.4, -0.2) is 42.9 Å². The molecule has 0 saturated heterocycles. The van der Waals surface area contributed by atoms with E-state index in [2.05, 4.69) is 21.2 Å². The standard InChI is InChI=1S/C15H22BrN3O2S.ClH/c1-19(15(21)12-6-7-13(16)22-12)9-14(20)18-11-5-3-2-4-10(11)8-17;/h6-7,10-11H,2-5,8-9,17H2,1H3,(H,18,20);1H. The minimum Gasteiger partial charge on any atom is -0.352 e. The molecule has 2 atom stereocenters. The highest BCUT2D eigenvalue weighted by Crippen LogP contribution is 2.24. The fraction of sp³-hybridized carbons (Fsp3) is 0.600. The first-order chi connectivity index (χ1) is 10.5. The zero-order valence-electron chi connectivity index (χ0n) is 13.1. The van der Waals surface area contributed by atoms with Gasteiger partial charge in [0.05, 0.1) is 15.2 Å². The van der Waals surface area contributed by atoms with Crippen molar-refractivity contribution >= 4 is 51.5 Å². The van der Waals surface area contributed by atoms with Gasteiger partial charge in [0.2, 0.25) is 5.91 Å². The lowest BCUT2D eigenvalue weighted by atomic mass is 9.84. The summed E-state index contributed by atoms with van der Waals surface area (Å²) in [4.78, 5) is 26.5. The molecule has 1 saturated carbocycles. The Balaban J connectivity index is 0.00000264. The van der Waals surface area contributed by atoms with Crippen LogP contribution in [0.2, 0.25) is 0 Å². The molecule has 23 heavy (non-hydrogen) atoms. The number of hydrogen-bond donors (Lipinski definition) is 2. The number of hydrogen-bond acceptors (Lipinski definition) is 4. The zero-order valence-corrected chi connectivity index (χ0v) is 16.3. The molecule has 2 unspecified atom stereocenters. The van der Waals surface area contributed by atoms with E-state index in [1.165, 1.54) is 22.7 Å². The fourth-order valence-corrected chi connectivity index (χ4v) is 4.22. The highest BCUT2D eigenvalue weighted by molar-refractivity contribution is 9.11. The molecule has 1 aromatic heterocycles. The van der Waals surface area contributed by atoms with Crippen LogP contribution in [0.1, 0.15) is 35.4 Å². The largest absolute Gasteiger partial charge is 0.352 e. The van der Waals surface area contributed by atoms with Crippen molar-refractivity contribution in [2.24, 2.45) is 11.7 Å². The first-order valence-corrected chi connectivity index (χ1v) is 9.12. The Labute approximate surface area is 155 Å². The number of nitrogens with zero attached hydrogens (tertiary/aromatic N) is 1. The van der Waals surface area contributed by atoms with E-state index >= 15 is 0 Å². The Bertz CT molecular complexity index is 541. The molecule has 130 valence electrons. The van der Waals surface area contributed by atoms with Crippen LogP contribution in [0.25, 0.3) is 0 Å². The first kappa shape index (κ1) is 20.4. The van der Waals surface area contributed by atoms with Crippen molar-refractivity contribution in [3.63, 3.8) is 0 Å². The maximum Gasteiger partial charge on any atom is 0.264 e. The summed E-state index contributed by atoms with van der Waals surface area (Å²) in [5.74, 6) is 0.105. The summed E-state index contributed by atoms with van der Waals surface area (Å²) in [7, 11) is 1.65. The van der Waals surface area contributed by atoms with Gasteiger partial charge in [-0.2, -0.15) is 0 Å². The van der Waals surface area contributed by atoms with Gasteiger partial charge in [-0.15, -0.1) is 23.7 Å². The predicted molar refractivity (Wildman–Crippen MR) is 99.2 cm³/mol. The molecular formula is C15H23BrClN3O2S. The second kappa shape index (κ2) is 9.61. The molecule has 0 bridgehead atoms. The van der Waals surface area contributed by atoms with Crippen LogP contribution in [0.3, 0.4) is 0 Å². The van der Waals surface area contributed by atoms with Crippen LogP contribution in [0.5, 0.6) is 0 Å². The molecule has 2 amide bonds. The van der Waals surface area contributed by atoms with E-state index < -0.39 is 0 Å². The Kier molecular flexibility index (Phi) is 8.53. The third kappa shape index (κ3) is 5.74. The number of rotatable bonds is 5. The number of nitrogens with one attached hydrogen (secondary N) is 1. The monoisotopic (exact) mass is 423 g/mol. The van der Waals surface area contributed by atoms with Gasteiger partial charge in [0.25, 0.3) is 5.91 Å². The number of amides is 2. The summed E-state index contributed by atoms with van der Waals surface area (Å²) in [5.41, 5.74) is 5.78. The van der Waals surface area contributed by atoms with Crippen molar-refractivity contribution in [2.75, 3.05) is 20.1 Å².